The van der Waals surface area contributed by atoms with Crippen molar-refractivity contribution < 1.29 is 28.6 Å². The van der Waals surface area contributed by atoms with Crippen molar-refractivity contribution in [1.82, 2.24) is 0 Å². The van der Waals surface area contributed by atoms with E-state index in [-0.39, 0.29) is 37.5 Å². The molecule has 6 heteroatoms. The van der Waals surface area contributed by atoms with Gasteiger partial charge in [-0.25, -0.2) is 0 Å². The quantitative estimate of drug-likeness (QED) is 0.0199. The highest BCUT2D eigenvalue weighted by Gasteiger charge is 2.19. The smallest absolute Gasteiger partial charge is 0.306 e. The van der Waals surface area contributed by atoms with Gasteiger partial charge < -0.3 is 14.2 Å². The molecule has 0 aromatic rings. The zero-order chi connectivity index (χ0) is 47.2. The van der Waals surface area contributed by atoms with Crippen LogP contribution in [0.5, 0.6) is 0 Å². The molecule has 0 aromatic carbocycles. The lowest BCUT2D eigenvalue weighted by atomic mass is 10.1. The first kappa shape index (κ1) is 60.3. The van der Waals surface area contributed by atoms with Crippen LogP contribution in [-0.2, 0) is 28.6 Å². The maximum absolute atomic E-state index is 12.8. The molecule has 0 N–H and O–H groups in total. The molecule has 0 fully saturated rings. The molecule has 65 heavy (non-hydrogen) atoms. The van der Waals surface area contributed by atoms with Crippen LogP contribution in [-0.4, -0.2) is 37.2 Å². The van der Waals surface area contributed by atoms with Gasteiger partial charge in [-0.2, -0.15) is 0 Å². The second-order valence-electron chi connectivity index (χ2n) is 16.1. The van der Waals surface area contributed by atoms with Crippen molar-refractivity contribution in [3.8, 4) is 0 Å². The van der Waals surface area contributed by atoms with Gasteiger partial charge in [0.05, 0.1) is 0 Å². The van der Waals surface area contributed by atoms with Gasteiger partial charge in [0.2, 0.25) is 0 Å². The van der Waals surface area contributed by atoms with Crippen LogP contribution >= 0.6 is 0 Å². The fourth-order valence-corrected chi connectivity index (χ4v) is 6.24. The number of carbonyl (C=O) groups excluding carboxylic acids is 3. The van der Waals surface area contributed by atoms with Gasteiger partial charge in [0.25, 0.3) is 0 Å². The van der Waals surface area contributed by atoms with E-state index in [0.29, 0.717) is 25.7 Å². The highest BCUT2D eigenvalue weighted by atomic mass is 16.6. The van der Waals surface area contributed by atoms with Crippen molar-refractivity contribution in [2.75, 3.05) is 13.2 Å². The number of unbranched alkanes of at least 4 members (excludes halogenated alkanes) is 14. The third-order valence-electron chi connectivity index (χ3n) is 10.0. The van der Waals surface area contributed by atoms with E-state index < -0.39 is 6.10 Å². The lowest BCUT2D eigenvalue weighted by Crippen LogP contribution is -2.30. The minimum Gasteiger partial charge on any atom is -0.462 e. The summed E-state index contributed by atoms with van der Waals surface area (Å²) in [5.41, 5.74) is 0. The molecule has 0 aromatic heterocycles. The van der Waals surface area contributed by atoms with Crippen LogP contribution in [0.3, 0.4) is 0 Å². The molecule has 0 aliphatic heterocycles. The normalized spacial score (nSPS) is 13.3. The van der Waals surface area contributed by atoms with E-state index >= 15 is 0 Å². The molecule has 0 spiro atoms. The average molecular weight is 895 g/mol. The van der Waals surface area contributed by atoms with E-state index in [0.717, 1.165) is 96.3 Å². The predicted octanol–water partition coefficient (Wildman–Crippen LogP) is 16.9. The molecule has 0 aliphatic carbocycles. The van der Waals surface area contributed by atoms with E-state index in [9.17, 15) is 14.4 Å². The maximum atomic E-state index is 12.8. The number of hydrogen-bond acceptors (Lipinski definition) is 6. The molecule has 0 radical (unpaired) electrons. The molecule has 0 heterocycles. The molecule has 362 valence electrons. The fourth-order valence-electron chi connectivity index (χ4n) is 6.24. The third-order valence-corrected chi connectivity index (χ3v) is 10.0. The summed E-state index contributed by atoms with van der Waals surface area (Å²) >= 11 is 0. The van der Waals surface area contributed by atoms with Crippen molar-refractivity contribution >= 4 is 17.9 Å². The molecule has 0 saturated heterocycles. The number of hydrogen-bond donors (Lipinski definition) is 0. The predicted molar refractivity (Wildman–Crippen MR) is 279 cm³/mol. The Kier molecular flexibility index (Phi) is 48.2. The summed E-state index contributed by atoms with van der Waals surface area (Å²) in [4.78, 5) is 37.9. The lowest BCUT2D eigenvalue weighted by Gasteiger charge is -2.18. The van der Waals surface area contributed by atoms with Crippen molar-refractivity contribution in [2.45, 2.75) is 194 Å². The van der Waals surface area contributed by atoms with Gasteiger partial charge in [0, 0.05) is 19.3 Å². The number of carbonyl (C=O) groups is 3. The Morgan fingerprint density at radius 1 is 0.338 bits per heavy atom. The second-order valence-corrected chi connectivity index (χ2v) is 16.1. The lowest BCUT2D eigenvalue weighted by molar-refractivity contribution is -0.167. The Morgan fingerprint density at radius 2 is 0.692 bits per heavy atom. The van der Waals surface area contributed by atoms with Gasteiger partial charge in [-0.1, -0.05) is 218 Å². The number of rotatable bonds is 43. The largest absolute Gasteiger partial charge is 0.462 e. The van der Waals surface area contributed by atoms with E-state index in [2.05, 4.69) is 93.7 Å². The van der Waals surface area contributed by atoms with E-state index in [1.54, 1.807) is 0 Å². The minimum absolute atomic E-state index is 0.121. The van der Waals surface area contributed by atoms with Gasteiger partial charge in [0.1, 0.15) is 13.2 Å². The Labute approximate surface area is 397 Å². The molecule has 1 atom stereocenters. The molecule has 0 saturated carbocycles. The van der Waals surface area contributed by atoms with Crippen LogP contribution in [0.2, 0.25) is 0 Å². The van der Waals surface area contributed by atoms with Gasteiger partial charge in [-0.15, -0.1) is 0 Å². The summed E-state index contributed by atoms with van der Waals surface area (Å²) in [6.45, 7) is 6.24. The van der Waals surface area contributed by atoms with E-state index in [1.165, 1.54) is 38.5 Å². The molecule has 0 bridgehead atoms. The highest BCUT2D eigenvalue weighted by Crippen LogP contribution is 2.12. The van der Waals surface area contributed by atoms with Crippen molar-refractivity contribution in [3.63, 3.8) is 0 Å². The van der Waals surface area contributed by atoms with Crippen LogP contribution in [0.25, 0.3) is 0 Å². The molecule has 0 aliphatic rings. The first-order valence-corrected chi connectivity index (χ1v) is 25.4. The molecule has 0 rings (SSSR count). The third kappa shape index (κ3) is 50.2. The van der Waals surface area contributed by atoms with Gasteiger partial charge in [-0.3, -0.25) is 14.4 Å². The number of ether oxygens (including phenoxy) is 3. The Balaban J connectivity index is 4.51. The summed E-state index contributed by atoms with van der Waals surface area (Å²) in [6.07, 6.45) is 74.1. The Morgan fingerprint density at radius 3 is 1.22 bits per heavy atom. The fraction of sp³-hybridized carbons (Fsp3) is 0.542. The average Bonchev–Trinajstić information content (AvgIpc) is 3.30. The van der Waals surface area contributed by atoms with Crippen LogP contribution in [0, 0.1) is 0 Å². The molecule has 6 nitrogen and oxygen atoms in total. The Bertz CT molecular complexity index is 1490. The van der Waals surface area contributed by atoms with Crippen molar-refractivity contribution in [2.24, 2.45) is 0 Å². The van der Waals surface area contributed by atoms with Crippen molar-refractivity contribution in [3.05, 3.63) is 146 Å². The highest BCUT2D eigenvalue weighted by molar-refractivity contribution is 5.71. The van der Waals surface area contributed by atoms with Gasteiger partial charge >= 0.3 is 17.9 Å². The molecule has 0 amide bonds. The number of allylic oxidation sites excluding steroid dienone is 24. The number of esters is 3. The summed E-state index contributed by atoms with van der Waals surface area (Å²) in [5, 5.41) is 0. The summed E-state index contributed by atoms with van der Waals surface area (Å²) in [5.74, 6) is -1.03. The minimum atomic E-state index is -0.821. The topological polar surface area (TPSA) is 78.9 Å². The summed E-state index contributed by atoms with van der Waals surface area (Å²) in [6, 6.07) is 0. The zero-order valence-electron chi connectivity index (χ0n) is 41.2. The van der Waals surface area contributed by atoms with Crippen LogP contribution < -0.4 is 0 Å². The summed E-state index contributed by atoms with van der Waals surface area (Å²) < 4.78 is 16.7. The molecule has 1 unspecified atom stereocenters. The van der Waals surface area contributed by atoms with Crippen LogP contribution in [0.15, 0.2) is 146 Å². The monoisotopic (exact) mass is 895 g/mol. The SMILES string of the molecule is CC\C=C/C=C\C=C/C=C\C=C\C=C/C=C\CCCCCC(=O)OCC(COC(=O)CCC/C=C\CCCCCC)OC(=O)CCCCCCCC/C=C\C/C=C\C/C=C\C/C=C\CC. The van der Waals surface area contributed by atoms with E-state index in [1.807, 2.05) is 72.9 Å². The molecular formula is C59H90O6. The van der Waals surface area contributed by atoms with Crippen LogP contribution in [0.1, 0.15) is 188 Å². The van der Waals surface area contributed by atoms with Gasteiger partial charge in [0.15, 0.2) is 6.10 Å². The first-order chi connectivity index (χ1) is 32.0. The molecular weight excluding hydrogens is 805 g/mol. The van der Waals surface area contributed by atoms with Gasteiger partial charge in [-0.05, 0) is 96.3 Å². The Hall–Kier alpha value is -4.71. The second kappa shape index (κ2) is 51.9. The van der Waals surface area contributed by atoms with Crippen molar-refractivity contribution in [1.29, 1.82) is 0 Å². The standard InChI is InChI=1S/C59H90O6/c1-4-7-10-13-16-19-21-23-25-27-29-31-33-35-37-40-43-46-49-52-58(61)64-55-56(54-63-57(60)51-48-45-42-39-18-15-12-9-6-3)65-59(62)53-50-47-44-41-38-36-34-32-30-28-26-24-22-20-17-14-11-8-5-2/h7-8,10-11,13,16-17,19-21,23-27,29-33,35,37,39,42,56H,4-6,9,12,14-15,18,22,28,34,36,38,40-41,43-55H2,1-3H3/b10-7-,11-8-,16-13-,20-17-,21-19-,25-23-,26-24-,29-27+,32-30-,33-31-,37-35-,42-39-. The first-order valence-electron chi connectivity index (χ1n) is 25.4. The zero-order valence-corrected chi connectivity index (χ0v) is 41.2. The van der Waals surface area contributed by atoms with E-state index in [4.69, 9.17) is 14.2 Å². The summed E-state index contributed by atoms with van der Waals surface area (Å²) in [7, 11) is 0. The van der Waals surface area contributed by atoms with Crippen LogP contribution in [0.4, 0.5) is 0 Å². The maximum Gasteiger partial charge on any atom is 0.306 e.